The number of hydrogen-bond donors (Lipinski definition) is 0. The minimum Gasteiger partial charge on any atom is -0.256 e. The van der Waals surface area contributed by atoms with Crippen molar-refractivity contribution in [2.24, 2.45) is 0 Å². The molecule has 0 aliphatic heterocycles. The molecule has 10 rings (SSSR count). The minimum atomic E-state index is 1.03. The van der Waals surface area contributed by atoms with E-state index in [2.05, 4.69) is 146 Å². The van der Waals surface area contributed by atoms with E-state index < -0.39 is 0 Å². The van der Waals surface area contributed by atoms with Gasteiger partial charge in [0.2, 0.25) is 0 Å². The Kier molecular flexibility index (Phi) is 5.78. The summed E-state index contributed by atoms with van der Waals surface area (Å²) in [5, 5.41) is 9.66. The summed E-state index contributed by atoms with van der Waals surface area (Å²) >= 11 is 1.87. The number of hydrogen-bond acceptors (Lipinski definition) is 3. The summed E-state index contributed by atoms with van der Waals surface area (Å²) in [7, 11) is 0. The fourth-order valence-electron chi connectivity index (χ4n) is 7.35. The van der Waals surface area contributed by atoms with E-state index in [0.29, 0.717) is 0 Å². The van der Waals surface area contributed by atoms with Crippen molar-refractivity contribution in [2.45, 2.75) is 0 Å². The van der Waals surface area contributed by atoms with Crippen LogP contribution in [0.15, 0.2) is 158 Å². The van der Waals surface area contributed by atoms with Gasteiger partial charge in [0.1, 0.15) is 0 Å². The van der Waals surface area contributed by atoms with Gasteiger partial charge in [-0.15, -0.1) is 11.3 Å². The topological polar surface area (TPSA) is 25.8 Å². The largest absolute Gasteiger partial charge is 0.256 e. The zero-order chi connectivity index (χ0) is 30.9. The first-order valence-electron chi connectivity index (χ1n) is 15.9. The number of pyridine rings is 2. The molecule has 3 heteroatoms. The van der Waals surface area contributed by atoms with Gasteiger partial charge in [-0.2, -0.15) is 0 Å². The standard InChI is InChI=1S/C44H26N2S/c1-3-10-34-27(8-1)16-18-38-32(20-22-45-42(34)38)29-24-30(33-21-23-46-43-35-11-4-2-9-28(35)17-19-39(33)43)26-31(25-29)36-13-7-14-40-37-12-5-6-15-41(37)47-44(36)40/h1-26H. The maximum Gasteiger partial charge on any atom is 0.0786 e. The number of benzene rings is 7. The molecular formula is C44H26N2S. The van der Waals surface area contributed by atoms with E-state index in [1.54, 1.807) is 0 Å². The third-order valence-electron chi connectivity index (χ3n) is 9.54. The molecule has 0 saturated heterocycles. The molecule has 0 aliphatic carbocycles. The number of fused-ring (bicyclic) bond motifs is 9. The van der Waals surface area contributed by atoms with Gasteiger partial charge >= 0.3 is 0 Å². The van der Waals surface area contributed by atoms with E-state index in [-0.39, 0.29) is 0 Å². The van der Waals surface area contributed by atoms with Crippen LogP contribution < -0.4 is 0 Å². The fourth-order valence-corrected chi connectivity index (χ4v) is 8.59. The second-order valence-corrected chi connectivity index (χ2v) is 13.2. The predicted octanol–water partition coefficient (Wildman–Crippen LogP) is 12.5. The summed E-state index contributed by atoms with van der Waals surface area (Å²) in [5.74, 6) is 0. The minimum absolute atomic E-state index is 1.03. The molecule has 0 unspecified atom stereocenters. The fraction of sp³-hybridized carbons (Fsp3) is 0. The van der Waals surface area contributed by atoms with Crippen molar-refractivity contribution in [3.63, 3.8) is 0 Å². The highest BCUT2D eigenvalue weighted by atomic mass is 32.1. The molecule has 7 aromatic carbocycles. The summed E-state index contributed by atoms with van der Waals surface area (Å²) in [6, 6.07) is 52.8. The zero-order valence-electron chi connectivity index (χ0n) is 25.3. The average molecular weight is 615 g/mol. The Hall–Kier alpha value is -5.90. The molecule has 218 valence electrons. The number of rotatable bonds is 3. The molecule has 0 N–H and O–H groups in total. The second kappa shape index (κ2) is 10.3. The monoisotopic (exact) mass is 614 g/mol. The Labute approximate surface area is 275 Å². The third kappa shape index (κ3) is 4.10. The molecule has 0 atom stereocenters. The Balaban J connectivity index is 1.29. The van der Waals surface area contributed by atoms with Crippen molar-refractivity contribution in [1.29, 1.82) is 0 Å². The van der Waals surface area contributed by atoms with E-state index in [9.17, 15) is 0 Å². The van der Waals surface area contributed by atoms with Crippen molar-refractivity contribution < 1.29 is 0 Å². The van der Waals surface area contributed by atoms with Gasteiger partial charge in [0.15, 0.2) is 0 Å². The Morgan fingerprint density at radius 3 is 1.49 bits per heavy atom. The van der Waals surface area contributed by atoms with Crippen LogP contribution in [0.25, 0.3) is 96.9 Å². The quantitative estimate of drug-likeness (QED) is 0.185. The first-order chi connectivity index (χ1) is 23.3. The van der Waals surface area contributed by atoms with E-state index >= 15 is 0 Å². The lowest BCUT2D eigenvalue weighted by Gasteiger charge is -2.15. The Morgan fingerprint density at radius 2 is 0.872 bits per heavy atom. The van der Waals surface area contributed by atoms with Crippen LogP contribution in [0.1, 0.15) is 0 Å². The summed E-state index contributed by atoms with van der Waals surface area (Å²) < 4.78 is 2.62. The molecule has 0 spiro atoms. The van der Waals surface area contributed by atoms with E-state index in [0.717, 1.165) is 21.8 Å². The van der Waals surface area contributed by atoms with Crippen molar-refractivity contribution in [1.82, 2.24) is 9.97 Å². The number of thiophene rings is 1. The maximum absolute atomic E-state index is 4.89. The molecule has 0 saturated carbocycles. The predicted molar refractivity (Wildman–Crippen MR) is 201 cm³/mol. The average Bonchev–Trinajstić information content (AvgIpc) is 3.53. The van der Waals surface area contributed by atoms with Crippen LogP contribution >= 0.6 is 11.3 Å². The van der Waals surface area contributed by atoms with Gasteiger partial charge in [-0.3, -0.25) is 9.97 Å². The van der Waals surface area contributed by atoms with Crippen LogP contribution in [0, 0.1) is 0 Å². The van der Waals surface area contributed by atoms with Crippen molar-refractivity contribution in [3.05, 3.63) is 158 Å². The highest BCUT2D eigenvalue weighted by Crippen LogP contribution is 2.43. The van der Waals surface area contributed by atoms with E-state index in [1.165, 1.54) is 75.1 Å². The normalized spacial score (nSPS) is 11.8. The molecule has 2 nitrogen and oxygen atoms in total. The third-order valence-corrected chi connectivity index (χ3v) is 10.8. The molecule has 0 fully saturated rings. The van der Waals surface area contributed by atoms with E-state index in [4.69, 9.17) is 9.97 Å². The lowest BCUT2D eigenvalue weighted by atomic mass is 9.90. The van der Waals surface area contributed by atoms with Gasteiger partial charge in [0, 0.05) is 54.1 Å². The first kappa shape index (κ1) is 26.3. The Bertz CT molecular complexity index is 2730. The molecule has 3 aromatic heterocycles. The lowest BCUT2D eigenvalue weighted by Crippen LogP contribution is -1.91. The van der Waals surface area contributed by atoms with Crippen molar-refractivity contribution in [2.75, 3.05) is 0 Å². The molecule has 0 bridgehead atoms. The summed E-state index contributed by atoms with van der Waals surface area (Å²) in [6.45, 7) is 0. The van der Waals surface area contributed by atoms with Crippen molar-refractivity contribution in [3.8, 4) is 33.4 Å². The second-order valence-electron chi connectivity index (χ2n) is 12.2. The van der Waals surface area contributed by atoms with Gasteiger partial charge in [-0.05, 0) is 80.6 Å². The maximum atomic E-state index is 4.89. The molecule has 0 amide bonds. The van der Waals surface area contributed by atoms with Gasteiger partial charge < -0.3 is 0 Å². The van der Waals surface area contributed by atoms with Crippen LogP contribution in [-0.2, 0) is 0 Å². The lowest BCUT2D eigenvalue weighted by molar-refractivity contribution is 1.42. The number of aromatic nitrogens is 2. The molecule has 10 aromatic rings. The zero-order valence-corrected chi connectivity index (χ0v) is 26.1. The van der Waals surface area contributed by atoms with Crippen LogP contribution in [0.3, 0.4) is 0 Å². The molecule has 3 heterocycles. The van der Waals surface area contributed by atoms with Gasteiger partial charge in [0.05, 0.1) is 11.0 Å². The van der Waals surface area contributed by atoms with Gasteiger partial charge in [-0.25, -0.2) is 0 Å². The SMILES string of the molecule is c1ccc2c(c1)ccc1c(-c3cc(-c4ccnc5c4ccc4ccccc45)cc(-c4cccc5c4sc4ccccc45)c3)ccnc12. The smallest absolute Gasteiger partial charge is 0.0786 e. The summed E-state index contributed by atoms with van der Waals surface area (Å²) in [6.07, 6.45) is 3.91. The molecule has 0 radical (unpaired) electrons. The van der Waals surface area contributed by atoms with Crippen LogP contribution in [0.4, 0.5) is 0 Å². The van der Waals surface area contributed by atoms with Crippen molar-refractivity contribution >= 4 is 74.9 Å². The summed E-state index contributed by atoms with van der Waals surface area (Å²) in [4.78, 5) is 9.77. The van der Waals surface area contributed by atoms with Crippen LogP contribution in [0.2, 0.25) is 0 Å². The Morgan fingerprint density at radius 1 is 0.362 bits per heavy atom. The molecule has 0 aliphatic rings. The van der Waals surface area contributed by atoms with E-state index in [1.807, 2.05) is 23.7 Å². The molecular weight excluding hydrogens is 589 g/mol. The molecule has 47 heavy (non-hydrogen) atoms. The first-order valence-corrected chi connectivity index (χ1v) is 16.7. The van der Waals surface area contributed by atoms with Gasteiger partial charge in [0.25, 0.3) is 0 Å². The number of nitrogens with zero attached hydrogens (tertiary/aromatic N) is 2. The summed E-state index contributed by atoms with van der Waals surface area (Å²) in [5.41, 5.74) is 9.20. The highest BCUT2D eigenvalue weighted by molar-refractivity contribution is 7.26. The van der Waals surface area contributed by atoms with Crippen LogP contribution in [0.5, 0.6) is 0 Å². The highest BCUT2D eigenvalue weighted by Gasteiger charge is 2.16. The van der Waals surface area contributed by atoms with Crippen LogP contribution in [-0.4, -0.2) is 9.97 Å². The van der Waals surface area contributed by atoms with Gasteiger partial charge in [-0.1, -0.05) is 109 Å².